The minimum absolute atomic E-state index is 0.632. The van der Waals surface area contributed by atoms with E-state index in [4.69, 9.17) is 10.5 Å². The van der Waals surface area contributed by atoms with Crippen LogP contribution in [0.25, 0.3) is 0 Å². The lowest BCUT2D eigenvalue weighted by Gasteiger charge is -2.20. The van der Waals surface area contributed by atoms with Crippen molar-refractivity contribution >= 4 is 0 Å². The van der Waals surface area contributed by atoms with Gasteiger partial charge in [-0.2, -0.15) is 10.5 Å². The van der Waals surface area contributed by atoms with Crippen LogP contribution in [0.5, 0.6) is 0 Å². The Balaban J connectivity index is 5.02. The number of hydrogen-bond acceptors (Lipinski definition) is 2. The van der Waals surface area contributed by atoms with Gasteiger partial charge in [0.15, 0.2) is 5.41 Å². The molecule has 0 aliphatic carbocycles. The lowest BCUT2D eigenvalue weighted by atomic mass is 9.78. The SMILES string of the molecule is C/C=C(/CC)C(C#N)(C#N)CCC. The molecular formula is C11H16N2. The van der Waals surface area contributed by atoms with Crippen molar-refractivity contribution in [2.75, 3.05) is 0 Å². The van der Waals surface area contributed by atoms with E-state index in [1.165, 1.54) is 0 Å². The zero-order valence-corrected chi connectivity index (χ0v) is 8.59. The van der Waals surface area contributed by atoms with Crippen LogP contribution >= 0.6 is 0 Å². The highest BCUT2D eigenvalue weighted by atomic mass is 14.4. The first-order valence-electron chi connectivity index (χ1n) is 4.68. The second-order valence-electron chi connectivity index (χ2n) is 3.05. The summed E-state index contributed by atoms with van der Waals surface area (Å²) in [5.74, 6) is 0. The number of hydrogen-bond donors (Lipinski definition) is 0. The summed E-state index contributed by atoms with van der Waals surface area (Å²) in [6.07, 6.45) is 4.16. The fraction of sp³-hybridized carbons (Fsp3) is 0.636. The van der Waals surface area contributed by atoms with Crippen molar-refractivity contribution in [2.45, 2.75) is 40.0 Å². The van der Waals surface area contributed by atoms with Crippen LogP contribution in [-0.2, 0) is 0 Å². The Morgan fingerprint density at radius 1 is 1.31 bits per heavy atom. The molecule has 0 aromatic carbocycles. The van der Waals surface area contributed by atoms with E-state index in [1.54, 1.807) is 0 Å². The Morgan fingerprint density at radius 3 is 2.08 bits per heavy atom. The Kier molecular flexibility index (Phi) is 4.85. The summed E-state index contributed by atoms with van der Waals surface area (Å²) in [5.41, 5.74) is 0.0671. The van der Waals surface area contributed by atoms with Crippen molar-refractivity contribution < 1.29 is 0 Å². The molecule has 2 nitrogen and oxygen atoms in total. The fourth-order valence-electron chi connectivity index (χ4n) is 1.57. The van der Waals surface area contributed by atoms with E-state index in [9.17, 15) is 0 Å². The van der Waals surface area contributed by atoms with E-state index in [0.29, 0.717) is 6.42 Å². The first-order chi connectivity index (χ1) is 6.20. The Morgan fingerprint density at radius 2 is 1.85 bits per heavy atom. The van der Waals surface area contributed by atoms with Crippen molar-refractivity contribution in [3.63, 3.8) is 0 Å². The van der Waals surface area contributed by atoms with Gasteiger partial charge in [-0.05, 0) is 25.3 Å². The standard InChI is InChI=1S/C11H16N2/c1-4-7-11(8-12,9-13)10(5-2)6-3/h5H,4,6-7H2,1-3H3/b10-5-. The predicted molar refractivity (Wildman–Crippen MR) is 52.6 cm³/mol. The maximum atomic E-state index is 9.03. The third-order valence-electron chi connectivity index (χ3n) is 2.28. The predicted octanol–water partition coefficient (Wildman–Crippen LogP) is 3.18. The number of nitrogens with zero attached hydrogens (tertiary/aromatic N) is 2. The molecule has 0 amide bonds. The van der Waals surface area contributed by atoms with Gasteiger partial charge in [0.2, 0.25) is 0 Å². The normalized spacial score (nSPS) is 11.9. The lowest BCUT2D eigenvalue weighted by molar-refractivity contribution is 0.532. The summed E-state index contributed by atoms with van der Waals surface area (Å²) >= 11 is 0. The van der Waals surface area contributed by atoms with Crippen LogP contribution in [0.15, 0.2) is 11.6 Å². The molecule has 70 valence electrons. The lowest BCUT2D eigenvalue weighted by Crippen LogP contribution is -2.18. The Hall–Kier alpha value is -1.28. The van der Waals surface area contributed by atoms with Crippen LogP contribution in [0.3, 0.4) is 0 Å². The van der Waals surface area contributed by atoms with Gasteiger partial charge in [0.05, 0.1) is 12.1 Å². The molecule has 0 unspecified atom stereocenters. The van der Waals surface area contributed by atoms with E-state index in [1.807, 2.05) is 26.8 Å². The number of rotatable bonds is 4. The van der Waals surface area contributed by atoms with E-state index in [0.717, 1.165) is 18.4 Å². The van der Waals surface area contributed by atoms with Crippen molar-refractivity contribution in [3.05, 3.63) is 11.6 Å². The monoisotopic (exact) mass is 176 g/mol. The summed E-state index contributed by atoms with van der Waals surface area (Å²) < 4.78 is 0. The molecule has 13 heavy (non-hydrogen) atoms. The molecule has 2 heteroatoms. The number of allylic oxidation sites excluding steroid dienone is 2. The molecule has 0 rings (SSSR count). The third-order valence-corrected chi connectivity index (χ3v) is 2.28. The van der Waals surface area contributed by atoms with Crippen LogP contribution in [0.1, 0.15) is 40.0 Å². The fourth-order valence-corrected chi connectivity index (χ4v) is 1.57. The first-order valence-corrected chi connectivity index (χ1v) is 4.68. The minimum atomic E-state index is -0.877. The number of nitriles is 2. The molecule has 0 N–H and O–H groups in total. The highest BCUT2D eigenvalue weighted by molar-refractivity contribution is 5.32. The van der Waals surface area contributed by atoms with E-state index in [2.05, 4.69) is 12.1 Å². The molecule has 0 aromatic rings. The average Bonchev–Trinajstić information content (AvgIpc) is 2.18. The second kappa shape index (κ2) is 5.38. The molecule has 0 bridgehead atoms. The van der Waals surface area contributed by atoms with Crippen LogP contribution in [0.4, 0.5) is 0 Å². The summed E-state index contributed by atoms with van der Waals surface area (Å²) in [7, 11) is 0. The molecule has 0 aliphatic heterocycles. The summed E-state index contributed by atoms with van der Waals surface area (Å²) in [6.45, 7) is 5.86. The zero-order chi connectivity index (χ0) is 10.3. The topological polar surface area (TPSA) is 47.6 Å². The van der Waals surface area contributed by atoms with Crippen LogP contribution in [-0.4, -0.2) is 0 Å². The minimum Gasteiger partial charge on any atom is -0.196 e. The van der Waals surface area contributed by atoms with Crippen molar-refractivity contribution in [1.29, 1.82) is 10.5 Å². The smallest absolute Gasteiger partial charge is 0.164 e. The largest absolute Gasteiger partial charge is 0.196 e. The van der Waals surface area contributed by atoms with Gasteiger partial charge in [0.25, 0.3) is 0 Å². The summed E-state index contributed by atoms with van der Waals surface area (Å²) in [4.78, 5) is 0. The quantitative estimate of drug-likeness (QED) is 0.617. The van der Waals surface area contributed by atoms with Gasteiger partial charge in [0.1, 0.15) is 0 Å². The second-order valence-corrected chi connectivity index (χ2v) is 3.05. The van der Waals surface area contributed by atoms with Gasteiger partial charge in [-0.3, -0.25) is 0 Å². The maximum Gasteiger partial charge on any atom is 0.164 e. The van der Waals surface area contributed by atoms with Crippen molar-refractivity contribution in [2.24, 2.45) is 5.41 Å². The average molecular weight is 176 g/mol. The van der Waals surface area contributed by atoms with Gasteiger partial charge < -0.3 is 0 Å². The summed E-state index contributed by atoms with van der Waals surface area (Å²) in [6, 6.07) is 4.28. The summed E-state index contributed by atoms with van der Waals surface area (Å²) in [5, 5.41) is 18.1. The third kappa shape index (κ3) is 2.33. The molecule has 0 saturated carbocycles. The van der Waals surface area contributed by atoms with Gasteiger partial charge in [0, 0.05) is 0 Å². The van der Waals surface area contributed by atoms with Gasteiger partial charge >= 0.3 is 0 Å². The van der Waals surface area contributed by atoms with E-state index >= 15 is 0 Å². The zero-order valence-electron chi connectivity index (χ0n) is 8.59. The molecule has 0 heterocycles. The van der Waals surface area contributed by atoms with Crippen LogP contribution < -0.4 is 0 Å². The van der Waals surface area contributed by atoms with Crippen molar-refractivity contribution in [3.8, 4) is 12.1 Å². The molecule has 0 radical (unpaired) electrons. The first kappa shape index (κ1) is 11.7. The van der Waals surface area contributed by atoms with Gasteiger partial charge in [-0.25, -0.2) is 0 Å². The van der Waals surface area contributed by atoms with Gasteiger partial charge in [-0.1, -0.05) is 26.3 Å². The highest BCUT2D eigenvalue weighted by Gasteiger charge is 2.31. The molecule has 0 atom stereocenters. The molecule has 0 aromatic heterocycles. The Bertz CT molecular complexity index is 249. The van der Waals surface area contributed by atoms with E-state index in [-0.39, 0.29) is 0 Å². The maximum absolute atomic E-state index is 9.03. The highest BCUT2D eigenvalue weighted by Crippen LogP contribution is 2.33. The molecular weight excluding hydrogens is 160 g/mol. The molecule has 0 saturated heterocycles. The Labute approximate surface area is 80.5 Å². The molecule has 0 aliphatic rings. The van der Waals surface area contributed by atoms with Crippen LogP contribution in [0.2, 0.25) is 0 Å². The molecule has 0 spiro atoms. The molecule has 0 fully saturated rings. The van der Waals surface area contributed by atoms with E-state index < -0.39 is 5.41 Å². The van der Waals surface area contributed by atoms with Crippen LogP contribution in [0, 0.1) is 28.1 Å². The van der Waals surface area contributed by atoms with Crippen molar-refractivity contribution in [1.82, 2.24) is 0 Å². The van der Waals surface area contributed by atoms with Gasteiger partial charge in [-0.15, -0.1) is 0 Å².